The van der Waals surface area contributed by atoms with Gasteiger partial charge in [-0.05, 0) is 0 Å². The molecule has 0 amide bonds. The maximum atomic E-state index is 13.5. The molecule has 0 bridgehead atoms. The predicted molar refractivity (Wildman–Crippen MR) is 152 cm³/mol. The molecule has 0 saturated heterocycles. The average Bonchev–Trinajstić information content (AvgIpc) is 3.68. The molecular formula is C24H27N13O6. The van der Waals surface area contributed by atoms with Crippen LogP contribution >= 0.6 is 0 Å². The molecule has 0 unspecified atom stereocenters. The number of aryl methyl sites for hydroxylation is 6. The summed E-state index contributed by atoms with van der Waals surface area (Å²) in [6.45, 7) is -1.49. The molecule has 19 heteroatoms. The number of nitrogens with zero attached hydrogens (tertiary/aromatic N) is 13. The van der Waals surface area contributed by atoms with Crippen molar-refractivity contribution in [3.8, 4) is 0 Å². The van der Waals surface area contributed by atoms with E-state index in [-0.39, 0.29) is 33.5 Å². The summed E-state index contributed by atoms with van der Waals surface area (Å²) < 4.78 is 10.6. The van der Waals surface area contributed by atoms with Crippen molar-refractivity contribution in [3.05, 3.63) is 81.5 Å². The molecule has 6 aromatic heterocycles. The number of hydrogen-bond donors (Lipinski definition) is 0. The molecule has 0 fully saturated rings. The van der Waals surface area contributed by atoms with Crippen LogP contribution in [-0.4, -0.2) is 61.0 Å². The number of rotatable bonds is 6. The summed E-state index contributed by atoms with van der Waals surface area (Å²) in [7, 11) is 9.15. The van der Waals surface area contributed by atoms with Gasteiger partial charge in [0.15, 0.2) is 33.5 Å². The lowest BCUT2D eigenvalue weighted by atomic mass is 10.4. The summed E-state index contributed by atoms with van der Waals surface area (Å²) in [5, 5.41) is 0. The number of fused-ring (bicyclic) bond motifs is 3. The van der Waals surface area contributed by atoms with Crippen LogP contribution in [0, 0.1) is 0 Å². The summed E-state index contributed by atoms with van der Waals surface area (Å²) in [6, 6.07) is 0. The van der Waals surface area contributed by atoms with E-state index in [1.165, 1.54) is 72.4 Å². The number of aromatic nitrogens is 12. The summed E-state index contributed by atoms with van der Waals surface area (Å²) in [5.41, 5.74) is -3.35. The van der Waals surface area contributed by atoms with Crippen LogP contribution in [0.5, 0.6) is 0 Å². The second-order valence-corrected chi connectivity index (χ2v) is 10.4. The van der Waals surface area contributed by atoms with Crippen LogP contribution in [0.25, 0.3) is 33.5 Å². The van der Waals surface area contributed by atoms with Gasteiger partial charge in [-0.2, -0.15) is 0 Å². The van der Waals surface area contributed by atoms with Gasteiger partial charge in [-0.3, -0.25) is 28.1 Å². The van der Waals surface area contributed by atoms with Gasteiger partial charge in [0, 0.05) is 42.3 Å². The van der Waals surface area contributed by atoms with E-state index in [1.807, 2.05) is 0 Å². The SMILES string of the molecule is Cn1cnc2c1c(=O)n(CN(Cn1c(=O)c3c(ncn3C)n(C)c1=O)Cn1c(=O)c3c(ncn3C)n(C)c1=O)c(=O)n2C. The van der Waals surface area contributed by atoms with E-state index in [4.69, 9.17) is 0 Å². The van der Waals surface area contributed by atoms with Crippen molar-refractivity contribution in [1.82, 2.24) is 61.0 Å². The van der Waals surface area contributed by atoms with Gasteiger partial charge >= 0.3 is 17.1 Å². The van der Waals surface area contributed by atoms with Gasteiger partial charge in [-0.15, -0.1) is 0 Å². The molecule has 6 heterocycles. The monoisotopic (exact) mass is 593 g/mol. The third-order valence-electron chi connectivity index (χ3n) is 7.63. The van der Waals surface area contributed by atoms with E-state index >= 15 is 0 Å². The highest BCUT2D eigenvalue weighted by Crippen LogP contribution is 2.07. The molecule has 0 N–H and O–H groups in total. The van der Waals surface area contributed by atoms with Crippen molar-refractivity contribution in [2.24, 2.45) is 42.3 Å². The molecule has 0 saturated carbocycles. The van der Waals surface area contributed by atoms with Gasteiger partial charge in [0.2, 0.25) is 0 Å². The van der Waals surface area contributed by atoms with Gasteiger partial charge in [0.1, 0.15) is 0 Å². The predicted octanol–water partition coefficient (Wildman–Crippen LogP) is -3.50. The van der Waals surface area contributed by atoms with Crippen LogP contribution in [-0.2, 0) is 62.3 Å². The van der Waals surface area contributed by atoms with E-state index in [0.29, 0.717) is 0 Å². The number of hydrogen-bond acceptors (Lipinski definition) is 10. The first-order chi connectivity index (χ1) is 20.3. The highest BCUT2D eigenvalue weighted by Gasteiger charge is 2.23. The van der Waals surface area contributed by atoms with E-state index in [2.05, 4.69) is 15.0 Å². The molecule has 43 heavy (non-hydrogen) atoms. The Bertz CT molecular complexity index is 2210. The van der Waals surface area contributed by atoms with Crippen LogP contribution < -0.4 is 33.7 Å². The Morgan fingerprint density at radius 2 is 0.744 bits per heavy atom. The average molecular weight is 594 g/mol. The van der Waals surface area contributed by atoms with Crippen LogP contribution in [0.3, 0.4) is 0 Å². The Balaban J connectivity index is 1.58. The molecule has 0 aliphatic heterocycles. The van der Waals surface area contributed by atoms with Crippen molar-refractivity contribution < 1.29 is 0 Å². The third-order valence-corrected chi connectivity index (χ3v) is 7.63. The maximum Gasteiger partial charge on any atom is 0.333 e. The van der Waals surface area contributed by atoms with Gasteiger partial charge < -0.3 is 13.7 Å². The molecule has 0 aliphatic carbocycles. The normalized spacial score (nSPS) is 12.1. The standard InChI is InChI=1S/C24H27N13O6/c1-28-7-25-16-13(28)19(38)35(22(41)31(16)4)10-34(11-36-20(39)14-17(26-8-29(14)2)32(5)23(36)42)12-37-21(40)15-18(27-9-30(15)3)33(6)24(37)43/h7-9H,10-12H2,1-6H3. The second kappa shape index (κ2) is 9.48. The molecule has 6 rings (SSSR count). The summed E-state index contributed by atoms with van der Waals surface area (Å²) in [4.78, 5) is 94.4. The smallest absolute Gasteiger partial charge is 0.328 e. The summed E-state index contributed by atoms with van der Waals surface area (Å²) in [5.74, 6) is 0. The Morgan fingerprint density at radius 3 is 1.00 bits per heavy atom. The number of imidazole rings is 3. The highest BCUT2D eigenvalue weighted by atomic mass is 16.2. The fourth-order valence-electron chi connectivity index (χ4n) is 5.30. The second-order valence-electron chi connectivity index (χ2n) is 10.4. The lowest BCUT2D eigenvalue weighted by molar-refractivity contribution is 0.112. The van der Waals surface area contributed by atoms with E-state index < -0.39 is 53.8 Å². The van der Waals surface area contributed by atoms with Crippen molar-refractivity contribution >= 4 is 33.5 Å². The van der Waals surface area contributed by atoms with Gasteiger partial charge in [-0.1, -0.05) is 0 Å². The maximum absolute atomic E-state index is 13.5. The van der Waals surface area contributed by atoms with Crippen molar-refractivity contribution in [2.75, 3.05) is 0 Å². The van der Waals surface area contributed by atoms with E-state index in [0.717, 1.165) is 13.7 Å². The van der Waals surface area contributed by atoms with Gasteiger partial charge in [0.05, 0.1) is 39.0 Å². The molecule has 0 aromatic carbocycles. The van der Waals surface area contributed by atoms with Crippen molar-refractivity contribution in [1.29, 1.82) is 0 Å². The highest BCUT2D eigenvalue weighted by molar-refractivity contribution is 5.71. The zero-order valence-electron chi connectivity index (χ0n) is 24.1. The molecule has 0 atom stereocenters. The minimum atomic E-state index is -0.731. The molecular weight excluding hydrogens is 566 g/mol. The molecule has 6 aromatic rings. The Hall–Kier alpha value is -5.59. The molecule has 0 radical (unpaired) electrons. The van der Waals surface area contributed by atoms with Gasteiger partial charge in [0.25, 0.3) is 16.7 Å². The molecule has 224 valence electrons. The fourth-order valence-corrected chi connectivity index (χ4v) is 5.30. The van der Waals surface area contributed by atoms with Crippen molar-refractivity contribution in [3.63, 3.8) is 0 Å². The van der Waals surface area contributed by atoms with Crippen molar-refractivity contribution in [2.45, 2.75) is 20.0 Å². The minimum Gasteiger partial charge on any atom is -0.328 e. The fraction of sp³-hybridized carbons (Fsp3) is 0.375. The Labute approximate surface area is 238 Å². The molecule has 19 nitrogen and oxygen atoms in total. The largest absolute Gasteiger partial charge is 0.333 e. The Kier molecular flexibility index (Phi) is 6.08. The first-order valence-corrected chi connectivity index (χ1v) is 12.9. The van der Waals surface area contributed by atoms with Crippen LogP contribution in [0.1, 0.15) is 0 Å². The summed E-state index contributed by atoms with van der Waals surface area (Å²) in [6.07, 6.45) is 4.19. The minimum absolute atomic E-state index is 0.135. The van der Waals surface area contributed by atoms with Crippen LogP contribution in [0.15, 0.2) is 47.7 Å². The molecule has 0 spiro atoms. The lowest BCUT2D eigenvalue weighted by Gasteiger charge is -2.24. The van der Waals surface area contributed by atoms with Crippen LogP contribution in [0.4, 0.5) is 0 Å². The zero-order chi connectivity index (χ0) is 31.1. The first kappa shape index (κ1) is 27.6. The lowest BCUT2D eigenvalue weighted by Crippen LogP contribution is -2.51. The Morgan fingerprint density at radius 1 is 0.488 bits per heavy atom. The van der Waals surface area contributed by atoms with E-state index in [1.54, 1.807) is 21.1 Å². The zero-order valence-corrected chi connectivity index (χ0v) is 24.1. The molecule has 0 aliphatic rings. The van der Waals surface area contributed by atoms with Gasteiger partial charge in [-0.25, -0.2) is 47.9 Å². The topological polar surface area (TPSA) is 189 Å². The third kappa shape index (κ3) is 3.88. The summed E-state index contributed by atoms with van der Waals surface area (Å²) >= 11 is 0. The first-order valence-electron chi connectivity index (χ1n) is 12.9. The quantitative estimate of drug-likeness (QED) is 0.187. The van der Waals surface area contributed by atoms with Crippen LogP contribution in [0.2, 0.25) is 0 Å². The van der Waals surface area contributed by atoms with E-state index in [9.17, 15) is 28.8 Å².